The van der Waals surface area contributed by atoms with Gasteiger partial charge in [0.2, 0.25) is 10.0 Å². The molecule has 0 aliphatic carbocycles. The number of sulfonamides is 1. The third-order valence-corrected chi connectivity index (χ3v) is 6.70. The molecule has 0 unspecified atom stereocenters. The minimum atomic E-state index is -3.91. The van der Waals surface area contributed by atoms with Gasteiger partial charge >= 0.3 is 0 Å². The summed E-state index contributed by atoms with van der Waals surface area (Å²) in [6, 6.07) is 10.7. The molecular weight excluding hydrogens is 406 g/mol. The minimum Gasteiger partial charge on any atom is -0.339 e. The van der Waals surface area contributed by atoms with E-state index in [-0.39, 0.29) is 28.5 Å². The van der Waals surface area contributed by atoms with E-state index in [4.69, 9.17) is 0 Å². The molecule has 9 heteroatoms. The molecule has 0 saturated carbocycles. The Morgan fingerprint density at radius 1 is 0.967 bits per heavy atom. The van der Waals surface area contributed by atoms with Crippen molar-refractivity contribution in [3.8, 4) is 0 Å². The Hall–Kier alpha value is -3.04. The summed E-state index contributed by atoms with van der Waals surface area (Å²) in [5.41, 5.74) is 1.37. The number of hydrogen-bond acceptors (Lipinski definition) is 5. The third-order valence-electron chi connectivity index (χ3n) is 5.30. The molecular formula is C21H21N3O5S. The fourth-order valence-corrected chi connectivity index (χ4v) is 4.71. The normalized spacial score (nSPS) is 16.3. The summed E-state index contributed by atoms with van der Waals surface area (Å²) >= 11 is 0. The van der Waals surface area contributed by atoms with Crippen LogP contribution < -0.4 is 10.0 Å². The molecule has 30 heavy (non-hydrogen) atoms. The number of nitrogens with zero attached hydrogens (tertiary/aromatic N) is 1. The maximum absolute atomic E-state index is 12.7. The van der Waals surface area contributed by atoms with Crippen molar-refractivity contribution in [1.82, 2.24) is 14.9 Å². The zero-order chi connectivity index (χ0) is 21.3. The molecule has 8 nitrogen and oxygen atoms in total. The molecule has 156 valence electrons. The van der Waals surface area contributed by atoms with E-state index in [0.717, 1.165) is 32.4 Å². The van der Waals surface area contributed by atoms with Gasteiger partial charge in [0, 0.05) is 25.2 Å². The van der Waals surface area contributed by atoms with Crippen molar-refractivity contribution in [2.75, 3.05) is 13.1 Å². The van der Waals surface area contributed by atoms with E-state index in [2.05, 4.69) is 10.0 Å². The number of hydrogen-bond donors (Lipinski definition) is 2. The number of imide groups is 1. The van der Waals surface area contributed by atoms with Gasteiger partial charge in [-0.05, 0) is 55.2 Å². The first kappa shape index (κ1) is 20.2. The lowest BCUT2D eigenvalue weighted by Gasteiger charge is -2.26. The van der Waals surface area contributed by atoms with Crippen LogP contribution in [0.4, 0.5) is 0 Å². The van der Waals surface area contributed by atoms with Crippen molar-refractivity contribution < 1.29 is 22.8 Å². The number of carbonyl (C=O) groups excluding carboxylic acids is 3. The summed E-state index contributed by atoms with van der Waals surface area (Å²) in [7, 11) is -3.91. The van der Waals surface area contributed by atoms with E-state index >= 15 is 0 Å². The Kier molecular flexibility index (Phi) is 5.40. The quantitative estimate of drug-likeness (QED) is 0.705. The van der Waals surface area contributed by atoms with Crippen molar-refractivity contribution in [2.45, 2.75) is 30.7 Å². The van der Waals surface area contributed by atoms with Gasteiger partial charge in [-0.1, -0.05) is 12.1 Å². The molecule has 1 saturated heterocycles. The lowest BCUT2D eigenvalue weighted by atomic mass is 10.1. The van der Waals surface area contributed by atoms with Gasteiger partial charge in [0.25, 0.3) is 17.7 Å². The number of rotatable bonds is 5. The zero-order valence-electron chi connectivity index (χ0n) is 16.2. The molecule has 2 heterocycles. The van der Waals surface area contributed by atoms with Crippen LogP contribution in [-0.4, -0.2) is 44.1 Å². The van der Waals surface area contributed by atoms with Crippen molar-refractivity contribution in [3.05, 3.63) is 64.7 Å². The summed E-state index contributed by atoms with van der Waals surface area (Å²) in [6.45, 7) is 1.47. The van der Waals surface area contributed by atoms with E-state index < -0.39 is 21.8 Å². The Labute approximate surface area is 174 Å². The van der Waals surface area contributed by atoms with Gasteiger partial charge in [-0.3, -0.25) is 19.7 Å². The van der Waals surface area contributed by atoms with Crippen LogP contribution in [0.15, 0.2) is 47.4 Å². The minimum absolute atomic E-state index is 0.00827. The Morgan fingerprint density at radius 2 is 1.70 bits per heavy atom. The zero-order valence-corrected chi connectivity index (χ0v) is 17.0. The van der Waals surface area contributed by atoms with Crippen LogP contribution in [0.25, 0.3) is 0 Å². The molecule has 2 aromatic rings. The average Bonchev–Trinajstić information content (AvgIpc) is 3.06. The van der Waals surface area contributed by atoms with Crippen LogP contribution in [-0.2, 0) is 16.6 Å². The molecule has 0 radical (unpaired) electrons. The lowest BCUT2D eigenvalue weighted by Crippen LogP contribution is -2.35. The summed E-state index contributed by atoms with van der Waals surface area (Å²) in [5, 5.41) is 2.13. The number of piperidine rings is 1. The van der Waals surface area contributed by atoms with E-state index in [0.29, 0.717) is 11.1 Å². The summed E-state index contributed by atoms with van der Waals surface area (Å²) in [6.07, 6.45) is 3.12. The van der Waals surface area contributed by atoms with E-state index in [1.54, 1.807) is 24.3 Å². The third kappa shape index (κ3) is 3.99. The second-order valence-corrected chi connectivity index (χ2v) is 9.14. The first-order valence-electron chi connectivity index (χ1n) is 9.73. The standard InChI is InChI=1S/C21H21N3O5S/c25-19-17-8-7-16(12-18(17)20(26)23-19)30(28,29)22-13-14-5-4-6-15(11-14)21(27)24-9-2-1-3-10-24/h4-8,11-12,22H,1-3,9-10,13H2,(H,23,25,26). The van der Waals surface area contributed by atoms with Crippen molar-refractivity contribution >= 4 is 27.7 Å². The van der Waals surface area contributed by atoms with Gasteiger partial charge in [-0.2, -0.15) is 0 Å². The highest BCUT2D eigenvalue weighted by atomic mass is 32.2. The summed E-state index contributed by atoms with van der Waals surface area (Å²) in [4.78, 5) is 37.8. The van der Waals surface area contributed by atoms with Gasteiger partial charge < -0.3 is 4.90 Å². The smallest absolute Gasteiger partial charge is 0.258 e. The molecule has 4 rings (SSSR count). The molecule has 2 aliphatic heterocycles. The van der Waals surface area contributed by atoms with Crippen LogP contribution in [0.2, 0.25) is 0 Å². The van der Waals surface area contributed by atoms with Crippen LogP contribution >= 0.6 is 0 Å². The highest BCUT2D eigenvalue weighted by Crippen LogP contribution is 2.21. The monoisotopic (exact) mass is 427 g/mol. The fraction of sp³-hybridized carbons (Fsp3) is 0.286. The Morgan fingerprint density at radius 3 is 2.47 bits per heavy atom. The van der Waals surface area contributed by atoms with Crippen molar-refractivity contribution in [1.29, 1.82) is 0 Å². The van der Waals surface area contributed by atoms with Gasteiger partial charge in [0.05, 0.1) is 16.0 Å². The van der Waals surface area contributed by atoms with Crippen molar-refractivity contribution in [3.63, 3.8) is 0 Å². The molecule has 0 atom stereocenters. The maximum atomic E-state index is 12.7. The predicted molar refractivity (Wildman–Crippen MR) is 108 cm³/mol. The Bertz CT molecular complexity index is 1140. The van der Waals surface area contributed by atoms with E-state index in [1.807, 2.05) is 4.90 Å². The average molecular weight is 427 g/mol. The van der Waals surface area contributed by atoms with Crippen LogP contribution in [0.1, 0.15) is 55.9 Å². The molecule has 2 N–H and O–H groups in total. The number of amides is 3. The highest BCUT2D eigenvalue weighted by Gasteiger charge is 2.28. The van der Waals surface area contributed by atoms with Gasteiger partial charge in [-0.25, -0.2) is 13.1 Å². The van der Waals surface area contributed by atoms with Crippen molar-refractivity contribution in [2.24, 2.45) is 0 Å². The Balaban J connectivity index is 1.48. The molecule has 2 aliphatic rings. The fourth-order valence-electron chi connectivity index (χ4n) is 3.67. The SMILES string of the molecule is O=C1NC(=O)c2cc(S(=O)(=O)NCc3cccc(C(=O)N4CCCCC4)c3)ccc21. The number of benzene rings is 2. The van der Waals surface area contributed by atoms with Crippen LogP contribution in [0.3, 0.4) is 0 Å². The van der Waals surface area contributed by atoms with Gasteiger partial charge in [0.15, 0.2) is 0 Å². The predicted octanol–water partition coefficient (Wildman–Crippen LogP) is 1.67. The lowest BCUT2D eigenvalue weighted by molar-refractivity contribution is 0.0723. The molecule has 0 aromatic heterocycles. The second kappa shape index (κ2) is 8.00. The summed E-state index contributed by atoms with van der Waals surface area (Å²) < 4.78 is 27.8. The maximum Gasteiger partial charge on any atom is 0.258 e. The number of carbonyl (C=O) groups is 3. The summed E-state index contributed by atoms with van der Waals surface area (Å²) in [5.74, 6) is -1.20. The van der Waals surface area contributed by atoms with Gasteiger partial charge in [0.1, 0.15) is 0 Å². The molecule has 3 amide bonds. The number of nitrogens with one attached hydrogen (secondary N) is 2. The number of fused-ring (bicyclic) bond motifs is 1. The molecule has 1 fully saturated rings. The topological polar surface area (TPSA) is 113 Å². The van der Waals surface area contributed by atoms with Crippen LogP contribution in [0.5, 0.6) is 0 Å². The first-order valence-corrected chi connectivity index (χ1v) is 11.2. The van der Waals surface area contributed by atoms with Gasteiger partial charge in [-0.15, -0.1) is 0 Å². The van der Waals surface area contributed by atoms with E-state index in [1.165, 1.54) is 18.2 Å². The van der Waals surface area contributed by atoms with E-state index in [9.17, 15) is 22.8 Å². The molecule has 2 aromatic carbocycles. The van der Waals surface area contributed by atoms with Crippen LogP contribution in [0, 0.1) is 0 Å². The largest absolute Gasteiger partial charge is 0.339 e. The number of likely N-dealkylation sites (tertiary alicyclic amines) is 1. The molecule has 0 spiro atoms. The second-order valence-electron chi connectivity index (χ2n) is 7.37. The first-order chi connectivity index (χ1) is 14.3. The molecule has 0 bridgehead atoms. The highest BCUT2D eigenvalue weighted by molar-refractivity contribution is 7.89.